The van der Waals surface area contributed by atoms with Gasteiger partial charge in [0.05, 0.1) is 5.69 Å². The van der Waals surface area contributed by atoms with Crippen molar-refractivity contribution in [2.24, 2.45) is 0 Å². The molecule has 0 aliphatic rings. The molecule has 21 heavy (non-hydrogen) atoms. The van der Waals surface area contributed by atoms with Crippen LogP contribution in [0.4, 0.5) is 0 Å². The van der Waals surface area contributed by atoms with Crippen molar-refractivity contribution >= 4 is 11.6 Å². The standard InChI is InChI=1S/C16H23ClN4/c1-11-14(12(2)20-19-11)9-18-10-16(21(3)4)13-7-5-6-8-15(13)17/h5-8,16,18H,9-10H2,1-4H3,(H,19,20)/t16-/m0/s1. The van der Waals surface area contributed by atoms with Gasteiger partial charge in [0, 0.05) is 35.4 Å². The fourth-order valence-corrected chi connectivity index (χ4v) is 2.75. The monoisotopic (exact) mass is 306 g/mol. The Bertz CT molecular complexity index is 572. The smallest absolute Gasteiger partial charge is 0.0638 e. The van der Waals surface area contributed by atoms with Gasteiger partial charge in [-0.25, -0.2) is 0 Å². The summed E-state index contributed by atoms with van der Waals surface area (Å²) in [6.45, 7) is 5.72. The lowest BCUT2D eigenvalue weighted by Crippen LogP contribution is -2.31. The van der Waals surface area contributed by atoms with Crippen LogP contribution in [0.5, 0.6) is 0 Å². The van der Waals surface area contributed by atoms with Crippen molar-refractivity contribution < 1.29 is 0 Å². The number of nitrogens with one attached hydrogen (secondary N) is 2. The maximum absolute atomic E-state index is 6.32. The van der Waals surface area contributed by atoms with Crippen LogP contribution < -0.4 is 5.32 Å². The Balaban J connectivity index is 2.03. The second-order valence-corrected chi connectivity index (χ2v) is 5.95. The molecule has 0 aliphatic carbocycles. The van der Waals surface area contributed by atoms with Crippen LogP contribution in [0.2, 0.25) is 5.02 Å². The molecule has 4 nitrogen and oxygen atoms in total. The summed E-state index contributed by atoms with van der Waals surface area (Å²) in [7, 11) is 4.15. The number of likely N-dealkylation sites (N-methyl/N-ethyl adjacent to an activating group) is 1. The topological polar surface area (TPSA) is 44.0 Å². The van der Waals surface area contributed by atoms with E-state index >= 15 is 0 Å². The Hall–Kier alpha value is -1.36. The van der Waals surface area contributed by atoms with E-state index in [1.165, 1.54) is 5.56 Å². The van der Waals surface area contributed by atoms with Crippen LogP contribution in [0.1, 0.15) is 28.6 Å². The van der Waals surface area contributed by atoms with Crippen molar-refractivity contribution in [3.63, 3.8) is 0 Å². The SMILES string of the molecule is Cc1n[nH]c(C)c1CNC[C@@H](c1ccccc1Cl)N(C)C. The molecule has 5 heteroatoms. The second kappa shape index (κ2) is 7.07. The van der Waals surface area contributed by atoms with Crippen LogP contribution in [0.25, 0.3) is 0 Å². The molecule has 0 amide bonds. The Kier molecular flexibility index (Phi) is 5.39. The zero-order valence-corrected chi connectivity index (χ0v) is 13.8. The van der Waals surface area contributed by atoms with Gasteiger partial charge in [-0.2, -0.15) is 5.10 Å². The summed E-state index contributed by atoms with van der Waals surface area (Å²) < 4.78 is 0. The number of halogens is 1. The van der Waals surface area contributed by atoms with Gasteiger partial charge in [-0.05, 0) is 39.6 Å². The Labute approximate surface area is 131 Å². The Morgan fingerprint density at radius 2 is 2.00 bits per heavy atom. The number of H-pyrrole nitrogens is 1. The summed E-state index contributed by atoms with van der Waals surface area (Å²) in [5.74, 6) is 0. The third-order valence-electron chi connectivity index (χ3n) is 3.81. The molecule has 1 atom stereocenters. The lowest BCUT2D eigenvalue weighted by Gasteiger charge is -2.26. The zero-order valence-electron chi connectivity index (χ0n) is 13.1. The van der Waals surface area contributed by atoms with Gasteiger partial charge in [-0.1, -0.05) is 29.8 Å². The number of hydrogen-bond donors (Lipinski definition) is 2. The van der Waals surface area contributed by atoms with E-state index in [1.807, 2.05) is 25.1 Å². The molecule has 1 aromatic carbocycles. The molecular formula is C16H23ClN4. The van der Waals surface area contributed by atoms with E-state index < -0.39 is 0 Å². The zero-order chi connectivity index (χ0) is 15.4. The highest BCUT2D eigenvalue weighted by molar-refractivity contribution is 6.31. The van der Waals surface area contributed by atoms with E-state index in [9.17, 15) is 0 Å². The van der Waals surface area contributed by atoms with Crippen molar-refractivity contribution in [2.75, 3.05) is 20.6 Å². The molecule has 0 fully saturated rings. The molecule has 1 aromatic heterocycles. The molecule has 114 valence electrons. The first-order valence-corrected chi connectivity index (χ1v) is 7.50. The van der Waals surface area contributed by atoms with E-state index in [0.29, 0.717) is 0 Å². The maximum atomic E-state index is 6.32. The fraction of sp³-hybridized carbons (Fsp3) is 0.438. The summed E-state index contributed by atoms with van der Waals surface area (Å²) in [4.78, 5) is 2.18. The molecule has 0 aliphatic heterocycles. The van der Waals surface area contributed by atoms with Crippen molar-refractivity contribution in [3.8, 4) is 0 Å². The maximum Gasteiger partial charge on any atom is 0.0638 e. The number of nitrogens with zero attached hydrogens (tertiary/aromatic N) is 2. The molecule has 2 rings (SSSR count). The summed E-state index contributed by atoms with van der Waals surface area (Å²) in [5.41, 5.74) is 4.57. The number of aryl methyl sites for hydroxylation is 2. The highest BCUT2D eigenvalue weighted by Gasteiger charge is 2.16. The van der Waals surface area contributed by atoms with Gasteiger partial charge >= 0.3 is 0 Å². The first-order chi connectivity index (χ1) is 10.0. The number of benzene rings is 1. The van der Waals surface area contributed by atoms with Gasteiger partial charge in [0.15, 0.2) is 0 Å². The first kappa shape index (κ1) is 16.0. The molecule has 2 aromatic rings. The molecule has 2 N–H and O–H groups in total. The highest BCUT2D eigenvalue weighted by Crippen LogP contribution is 2.25. The molecule has 0 unspecified atom stereocenters. The van der Waals surface area contributed by atoms with Gasteiger partial charge in [-0.15, -0.1) is 0 Å². The Morgan fingerprint density at radius 3 is 2.57 bits per heavy atom. The molecular weight excluding hydrogens is 284 g/mol. The minimum Gasteiger partial charge on any atom is -0.311 e. The number of rotatable bonds is 6. The summed E-state index contributed by atoms with van der Waals surface area (Å²) >= 11 is 6.32. The van der Waals surface area contributed by atoms with E-state index in [-0.39, 0.29) is 6.04 Å². The average molecular weight is 307 g/mol. The minimum absolute atomic E-state index is 0.242. The summed E-state index contributed by atoms with van der Waals surface area (Å²) in [5, 5.41) is 11.6. The van der Waals surface area contributed by atoms with Crippen molar-refractivity contribution in [3.05, 3.63) is 51.8 Å². The number of aromatic amines is 1. The predicted octanol–water partition coefficient (Wildman–Crippen LogP) is 3.07. The average Bonchev–Trinajstić information content (AvgIpc) is 2.76. The van der Waals surface area contributed by atoms with Gasteiger partial charge in [0.2, 0.25) is 0 Å². The fourth-order valence-electron chi connectivity index (χ4n) is 2.48. The molecule has 0 saturated heterocycles. The molecule has 0 spiro atoms. The lowest BCUT2D eigenvalue weighted by atomic mass is 10.1. The summed E-state index contributed by atoms with van der Waals surface area (Å²) in [6, 6.07) is 8.26. The van der Waals surface area contributed by atoms with Crippen LogP contribution in [-0.2, 0) is 6.54 Å². The van der Waals surface area contributed by atoms with Gasteiger partial charge in [-0.3, -0.25) is 5.10 Å². The molecule has 0 saturated carbocycles. The largest absolute Gasteiger partial charge is 0.311 e. The van der Waals surface area contributed by atoms with Gasteiger partial charge in [0.25, 0.3) is 0 Å². The van der Waals surface area contributed by atoms with E-state index in [0.717, 1.165) is 35.1 Å². The van der Waals surface area contributed by atoms with E-state index in [2.05, 4.69) is 47.5 Å². The quantitative estimate of drug-likeness (QED) is 0.862. The van der Waals surface area contributed by atoms with Crippen LogP contribution in [0, 0.1) is 13.8 Å². The van der Waals surface area contributed by atoms with Crippen LogP contribution in [-0.4, -0.2) is 35.7 Å². The lowest BCUT2D eigenvalue weighted by molar-refractivity contribution is 0.288. The van der Waals surface area contributed by atoms with Crippen molar-refractivity contribution in [2.45, 2.75) is 26.4 Å². The highest BCUT2D eigenvalue weighted by atomic mass is 35.5. The van der Waals surface area contributed by atoms with Crippen LogP contribution in [0.3, 0.4) is 0 Å². The molecule has 0 radical (unpaired) electrons. The third kappa shape index (κ3) is 3.84. The van der Waals surface area contributed by atoms with Crippen LogP contribution in [0.15, 0.2) is 24.3 Å². The van der Waals surface area contributed by atoms with Crippen molar-refractivity contribution in [1.29, 1.82) is 0 Å². The van der Waals surface area contributed by atoms with Gasteiger partial charge < -0.3 is 10.2 Å². The van der Waals surface area contributed by atoms with Crippen molar-refractivity contribution in [1.82, 2.24) is 20.4 Å². The number of aromatic nitrogens is 2. The van der Waals surface area contributed by atoms with Gasteiger partial charge in [0.1, 0.15) is 0 Å². The Morgan fingerprint density at radius 1 is 1.29 bits per heavy atom. The van der Waals surface area contributed by atoms with Crippen LogP contribution >= 0.6 is 11.6 Å². The second-order valence-electron chi connectivity index (χ2n) is 5.54. The number of hydrogen-bond acceptors (Lipinski definition) is 3. The predicted molar refractivity (Wildman–Crippen MR) is 87.6 cm³/mol. The minimum atomic E-state index is 0.242. The summed E-state index contributed by atoms with van der Waals surface area (Å²) in [6.07, 6.45) is 0. The normalized spacial score (nSPS) is 12.9. The molecule has 1 heterocycles. The van der Waals surface area contributed by atoms with E-state index in [1.54, 1.807) is 0 Å². The molecule has 0 bridgehead atoms. The first-order valence-electron chi connectivity index (χ1n) is 7.12. The third-order valence-corrected chi connectivity index (χ3v) is 4.15. The van der Waals surface area contributed by atoms with E-state index in [4.69, 9.17) is 11.6 Å².